The molecule has 1 aliphatic rings. The van der Waals surface area contributed by atoms with Crippen LogP contribution in [-0.2, 0) is 14.4 Å². The summed E-state index contributed by atoms with van der Waals surface area (Å²) in [6.07, 6.45) is 12.0. The maximum Gasteiger partial charge on any atom is 0.352 e. The molecule has 1 saturated heterocycles. The van der Waals surface area contributed by atoms with Gasteiger partial charge in [-0.25, -0.2) is 14.0 Å². The minimum Gasteiger partial charge on any atom is -0.388 e. The second kappa shape index (κ2) is 15.9. The van der Waals surface area contributed by atoms with Gasteiger partial charge in [0.1, 0.15) is 12.2 Å². The molecular weight excluding hydrogens is 457 g/mol. The first-order valence-corrected chi connectivity index (χ1v) is 13.1. The second-order valence-electron chi connectivity index (χ2n) is 9.41. The SMILES string of the molecule is CCCCCCCCCCCCCCCC(=O)ONc1nc(=O)n([C@@H]2O[C@H](C)[C@@H](O)[C@H]2O)cc1F. The number of hydrogen-bond donors (Lipinski definition) is 3. The maximum absolute atomic E-state index is 14.4. The number of nitrogens with zero attached hydrogens (tertiary/aromatic N) is 2. The van der Waals surface area contributed by atoms with Crippen LogP contribution in [0.25, 0.3) is 0 Å². The van der Waals surface area contributed by atoms with Gasteiger partial charge in [0.15, 0.2) is 12.0 Å². The van der Waals surface area contributed by atoms with E-state index in [1.54, 1.807) is 0 Å². The highest BCUT2D eigenvalue weighted by atomic mass is 19.1. The highest BCUT2D eigenvalue weighted by Crippen LogP contribution is 2.28. The average molecular weight is 500 g/mol. The van der Waals surface area contributed by atoms with Gasteiger partial charge in [0.25, 0.3) is 0 Å². The zero-order valence-corrected chi connectivity index (χ0v) is 21.1. The third kappa shape index (κ3) is 9.85. The Hall–Kier alpha value is -2.04. The van der Waals surface area contributed by atoms with Crippen LogP contribution in [0.15, 0.2) is 11.0 Å². The summed E-state index contributed by atoms with van der Waals surface area (Å²) in [6.45, 7) is 3.76. The Morgan fingerprint density at radius 2 is 1.57 bits per heavy atom. The lowest BCUT2D eigenvalue weighted by Crippen LogP contribution is -2.36. The van der Waals surface area contributed by atoms with Crippen molar-refractivity contribution in [1.29, 1.82) is 0 Å². The van der Waals surface area contributed by atoms with Crippen LogP contribution in [0.1, 0.15) is 110 Å². The number of anilines is 1. The molecule has 1 aromatic heterocycles. The number of unbranched alkanes of at least 4 members (excludes halogenated alkanes) is 12. The quantitative estimate of drug-likeness (QED) is 0.213. The third-order valence-electron chi connectivity index (χ3n) is 6.40. The lowest BCUT2D eigenvalue weighted by molar-refractivity contribution is -0.140. The molecule has 0 amide bonds. The lowest BCUT2D eigenvalue weighted by atomic mass is 10.0. The molecule has 1 aromatic rings. The van der Waals surface area contributed by atoms with Gasteiger partial charge in [0.2, 0.25) is 5.82 Å². The molecule has 1 aliphatic heterocycles. The fourth-order valence-corrected chi connectivity index (χ4v) is 4.20. The monoisotopic (exact) mass is 499 g/mol. The van der Waals surface area contributed by atoms with Crippen LogP contribution < -0.4 is 11.2 Å². The summed E-state index contributed by atoms with van der Waals surface area (Å²) in [5.74, 6) is -2.07. The molecule has 1 fully saturated rings. The topological polar surface area (TPSA) is 123 Å². The highest BCUT2D eigenvalue weighted by molar-refractivity contribution is 5.70. The summed E-state index contributed by atoms with van der Waals surface area (Å²) < 4.78 is 20.4. The van der Waals surface area contributed by atoms with E-state index in [-0.39, 0.29) is 6.42 Å². The number of aromatic nitrogens is 2. The van der Waals surface area contributed by atoms with Gasteiger partial charge in [-0.15, -0.1) is 0 Å². The summed E-state index contributed by atoms with van der Waals surface area (Å²) in [4.78, 5) is 32.5. The van der Waals surface area contributed by atoms with Crippen LogP contribution >= 0.6 is 0 Å². The van der Waals surface area contributed by atoms with Gasteiger partial charge < -0.3 is 19.8 Å². The van der Waals surface area contributed by atoms with Crippen molar-refractivity contribution in [3.05, 3.63) is 22.5 Å². The standard InChI is InChI=1S/C25H42FN3O6/c1-3-4-5-6-7-8-9-10-11-12-13-14-15-16-20(30)35-28-23-19(26)17-29(25(33)27-23)24-22(32)21(31)18(2)34-24/h17-18,21-22,24,31-32H,3-16H2,1-2H3,(H,27,28,33)/t18-,21-,22-,24-/m1/s1. The molecule has 0 saturated carbocycles. The van der Waals surface area contributed by atoms with E-state index in [2.05, 4.69) is 17.4 Å². The minimum atomic E-state index is -1.40. The second-order valence-corrected chi connectivity index (χ2v) is 9.41. The van der Waals surface area contributed by atoms with Gasteiger partial charge >= 0.3 is 11.7 Å². The Morgan fingerprint density at radius 3 is 2.09 bits per heavy atom. The first-order valence-electron chi connectivity index (χ1n) is 13.1. The molecule has 10 heteroatoms. The number of aliphatic hydroxyl groups is 2. The molecule has 4 atom stereocenters. The molecule has 0 radical (unpaired) electrons. The predicted molar refractivity (Wildman–Crippen MR) is 130 cm³/mol. The first kappa shape index (κ1) is 29.2. The Morgan fingerprint density at radius 1 is 1.03 bits per heavy atom. The molecular formula is C25H42FN3O6. The largest absolute Gasteiger partial charge is 0.388 e. The summed E-state index contributed by atoms with van der Waals surface area (Å²) >= 11 is 0. The van der Waals surface area contributed by atoms with E-state index < -0.39 is 47.8 Å². The van der Waals surface area contributed by atoms with E-state index in [9.17, 15) is 24.2 Å². The van der Waals surface area contributed by atoms with Gasteiger partial charge in [-0.1, -0.05) is 84.0 Å². The fraction of sp³-hybridized carbons (Fsp3) is 0.800. The van der Waals surface area contributed by atoms with Crippen molar-refractivity contribution in [1.82, 2.24) is 9.55 Å². The number of halogens is 1. The summed E-state index contributed by atoms with van der Waals surface area (Å²) in [7, 11) is 0. The molecule has 9 nitrogen and oxygen atoms in total. The van der Waals surface area contributed by atoms with Crippen LogP contribution in [0.5, 0.6) is 0 Å². The number of carbonyl (C=O) groups excluding carboxylic acids is 1. The molecule has 0 aliphatic carbocycles. The van der Waals surface area contributed by atoms with Crippen LogP contribution in [0.3, 0.4) is 0 Å². The molecule has 3 N–H and O–H groups in total. The van der Waals surface area contributed by atoms with Crippen LogP contribution in [-0.4, -0.2) is 44.0 Å². The zero-order valence-electron chi connectivity index (χ0n) is 21.1. The lowest BCUT2D eigenvalue weighted by Gasteiger charge is -2.17. The smallest absolute Gasteiger partial charge is 0.352 e. The maximum atomic E-state index is 14.4. The van der Waals surface area contributed by atoms with E-state index in [0.717, 1.165) is 30.0 Å². The third-order valence-corrected chi connectivity index (χ3v) is 6.40. The number of nitrogens with one attached hydrogen (secondary N) is 1. The van der Waals surface area contributed by atoms with Crippen molar-refractivity contribution in [3.63, 3.8) is 0 Å². The zero-order chi connectivity index (χ0) is 25.6. The van der Waals surface area contributed by atoms with E-state index in [4.69, 9.17) is 9.57 Å². The molecule has 2 rings (SSSR count). The number of ether oxygens (including phenoxy) is 1. The normalized spacial score (nSPS) is 21.9. The van der Waals surface area contributed by atoms with E-state index in [1.165, 1.54) is 64.7 Å². The number of aliphatic hydroxyl groups excluding tert-OH is 2. The van der Waals surface area contributed by atoms with Gasteiger partial charge in [-0.3, -0.25) is 4.57 Å². The van der Waals surface area contributed by atoms with Crippen molar-refractivity contribution in [2.45, 2.75) is 128 Å². The van der Waals surface area contributed by atoms with Crippen molar-refractivity contribution < 1.29 is 29.0 Å². The van der Waals surface area contributed by atoms with Gasteiger partial charge in [-0.05, 0) is 13.3 Å². The molecule has 0 unspecified atom stereocenters. The summed E-state index contributed by atoms with van der Waals surface area (Å²) in [6, 6.07) is 0. The molecule has 0 spiro atoms. The van der Waals surface area contributed by atoms with Crippen molar-refractivity contribution >= 4 is 11.8 Å². The van der Waals surface area contributed by atoms with Crippen LogP contribution in [0.4, 0.5) is 10.2 Å². The average Bonchev–Trinajstić information content (AvgIpc) is 3.09. The molecule has 0 bridgehead atoms. The van der Waals surface area contributed by atoms with Gasteiger partial charge in [-0.2, -0.15) is 10.5 Å². The number of hydrogen-bond acceptors (Lipinski definition) is 8. The fourth-order valence-electron chi connectivity index (χ4n) is 4.20. The minimum absolute atomic E-state index is 0.182. The first-order chi connectivity index (χ1) is 16.8. The van der Waals surface area contributed by atoms with Crippen molar-refractivity contribution in [3.8, 4) is 0 Å². The summed E-state index contributed by atoms with van der Waals surface area (Å²) in [5.41, 5.74) is 1.17. The molecule has 200 valence electrons. The predicted octanol–water partition coefficient (Wildman–Crippen LogP) is 4.37. The Balaban J connectivity index is 1.58. The van der Waals surface area contributed by atoms with Crippen molar-refractivity contribution in [2.24, 2.45) is 0 Å². The number of carbonyl (C=O) groups is 1. The molecule has 2 heterocycles. The van der Waals surface area contributed by atoms with Gasteiger partial charge in [0.05, 0.1) is 12.3 Å². The Bertz CT molecular complexity index is 821. The van der Waals surface area contributed by atoms with Crippen molar-refractivity contribution in [2.75, 3.05) is 5.48 Å². The Labute approximate surface area is 207 Å². The molecule has 35 heavy (non-hydrogen) atoms. The Kier molecular flexibility index (Phi) is 13.2. The van der Waals surface area contributed by atoms with Crippen LogP contribution in [0.2, 0.25) is 0 Å². The summed E-state index contributed by atoms with van der Waals surface area (Å²) in [5, 5.41) is 19.8. The highest BCUT2D eigenvalue weighted by Gasteiger charge is 2.42. The van der Waals surface area contributed by atoms with E-state index in [1.807, 2.05) is 0 Å². The van der Waals surface area contributed by atoms with E-state index in [0.29, 0.717) is 6.42 Å². The van der Waals surface area contributed by atoms with E-state index >= 15 is 0 Å². The number of rotatable bonds is 17. The van der Waals surface area contributed by atoms with Crippen LogP contribution in [0, 0.1) is 5.82 Å². The molecule has 0 aromatic carbocycles. The van der Waals surface area contributed by atoms with Gasteiger partial charge in [0, 0.05) is 6.42 Å².